The van der Waals surface area contributed by atoms with Gasteiger partial charge in [-0.3, -0.25) is 0 Å². The highest BCUT2D eigenvalue weighted by Gasteiger charge is 2.30. The van der Waals surface area contributed by atoms with Crippen LogP contribution in [0, 0.1) is 0 Å². The molecule has 2 aromatic heterocycles. The van der Waals surface area contributed by atoms with Crippen LogP contribution in [0.2, 0.25) is 0 Å². The first-order valence-electron chi connectivity index (χ1n) is 22.7. The van der Waals surface area contributed by atoms with Gasteiger partial charge in [0.25, 0.3) is 0 Å². The smallest absolute Gasteiger partial charge is 0.164 e. The van der Waals surface area contributed by atoms with Gasteiger partial charge in [-0.1, -0.05) is 231 Å². The molecule has 314 valence electrons. The van der Waals surface area contributed by atoms with Crippen LogP contribution in [0.25, 0.3) is 117 Å². The van der Waals surface area contributed by atoms with E-state index in [-0.39, 0.29) is 0 Å². The van der Waals surface area contributed by atoms with Gasteiger partial charge in [-0.2, -0.15) is 0 Å². The third-order valence-electron chi connectivity index (χ3n) is 12.6. The Hall–Kier alpha value is -8.99. The zero-order valence-electron chi connectivity index (χ0n) is 36.5. The molecule has 0 amide bonds. The minimum absolute atomic E-state index is 0.614. The fourth-order valence-electron chi connectivity index (χ4n) is 9.73. The Morgan fingerprint density at radius 3 is 1.10 bits per heavy atom. The number of benzene rings is 10. The standard InChI is InChI=1S/C63H42N4/c1-8-24-43(25-9-1)54-55(44-26-10-2-11-27-44)57(46-30-14-4-15-31-46)60-59(56(54)45-28-12-3-13-29-45)58-52(40-23-41-53(58)67(60)51-38-20-7-21-39-51)49-36-22-37-50(42-49)63-65-61(47-32-16-5-17-33-47)64-62(66-63)48-34-18-6-19-35-48/h1-42H. The zero-order chi connectivity index (χ0) is 44.5. The number of aromatic nitrogens is 4. The lowest BCUT2D eigenvalue weighted by Crippen LogP contribution is -2.00. The van der Waals surface area contributed by atoms with Crippen molar-refractivity contribution in [1.29, 1.82) is 0 Å². The lowest BCUT2D eigenvalue weighted by atomic mass is 9.79. The number of para-hydroxylation sites is 1. The average molecular weight is 855 g/mol. The van der Waals surface area contributed by atoms with Gasteiger partial charge in [0.1, 0.15) is 0 Å². The van der Waals surface area contributed by atoms with E-state index in [0.717, 1.165) is 72.2 Å². The van der Waals surface area contributed by atoms with Gasteiger partial charge in [-0.15, -0.1) is 0 Å². The first-order valence-corrected chi connectivity index (χ1v) is 22.7. The summed E-state index contributed by atoms with van der Waals surface area (Å²) >= 11 is 0. The van der Waals surface area contributed by atoms with E-state index in [1.165, 1.54) is 27.6 Å². The van der Waals surface area contributed by atoms with Crippen LogP contribution in [0.3, 0.4) is 0 Å². The van der Waals surface area contributed by atoms with E-state index in [1.807, 2.05) is 36.4 Å². The molecule has 0 aliphatic carbocycles. The molecule has 67 heavy (non-hydrogen) atoms. The SMILES string of the molecule is c1ccc(-c2nc(-c3ccccc3)nc(-c3cccc(-c4cccc5c4c4c(-c6ccccc6)c(-c6ccccc6)c(-c6ccccc6)c(-c6ccccc6)c4n5-c4ccccc4)c3)n2)cc1. The monoisotopic (exact) mass is 854 g/mol. The molecule has 0 fully saturated rings. The Bertz CT molecular complexity index is 3630. The molecule has 4 heteroatoms. The molecule has 12 rings (SSSR count). The number of hydrogen-bond donors (Lipinski definition) is 0. The average Bonchev–Trinajstić information content (AvgIpc) is 3.77. The summed E-state index contributed by atoms with van der Waals surface area (Å²) in [6.07, 6.45) is 0. The maximum absolute atomic E-state index is 5.15. The maximum atomic E-state index is 5.15. The predicted molar refractivity (Wildman–Crippen MR) is 278 cm³/mol. The second kappa shape index (κ2) is 17.2. The molecule has 0 radical (unpaired) electrons. The summed E-state index contributed by atoms with van der Waals surface area (Å²) in [5.74, 6) is 1.88. The largest absolute Gasteiger partial charge is 0.309 e. The van der Waals surface area contributed by atoms with Gasteiger partial charge in [-0.05, 0) is 63.2 Å². The van der Waals surface area contributed by atoms with Crippen molar-refractivity contribution in [3.8, 4) is 95.5 Å². The van der Waals surface area contributed by atoms with Gasteiger partial charge in [0.05, 0.1) is 11.0 Å². The second-order valence-corrected chi connectivity index (χ2v) is 16.7. The van der Waals surface area contributed by atoms with Crippen molar-refractivity contribution in [2.24, 2.45) is 0 Å². The van der Waals surface area contributed by atoms with Gasteiger partial charge in [0.2, 0.25) is 0 Å². The first-order chi connectivity index (χ1) is 33.3. The predicted octanol–water partition coefficient (Wildman–Crippen LogP) is 16.3. The highest BCUT2D eigenvalue weighted by molar-refractivity contribution is 6.29. The molecule has 0 saturated carbocycles. The minimum Gasteiger partial charge on any atom is -0.309 e. The Morgan fingerprint density at radius 2 is 0.612 bits per heavy atom. The number of fused-ring (bicyclic) bond motifs is 3. The fraction of sp³-hybridized carbons (Fsp3) is 0. The van der Waals surface area contributed by atoms with E-state index in [4.69, 9.17) is 15.0 Å². The van der Waals surface area contributed by atoms with Crippen molar-refractivity contribution >= 4 is 21.8 Å². The lowest BCUT2D eigenvalue weighted by molar-refractivity contribution is 1.07. The van der Waals surface area contributed by atoms with E-state index in [1.54, 1.807) is 0 Å². The van der Waals surface area contributed by atoms with E-state index in [9.17, 15) is 0 Å². The molecular weight excluding hydrogens is 813 g/mol. The number of nitrogens with zero attached hydrogens (tertiary/aromatic N) is 4. The molecule has 0 aliphatic rings. The molecule has 2 heterocycles. The van der Waals surface area contributed by atoms with E-state index >= 15 is 0 Å². The fourth-order valence-corrected chi connectivity index (χ4v) is 9.73. The number of rotatable bonds is 9. The third kappa shape index (κ3) is 7.18. The highest BCUT2D eigenvalue weighted by atomic mass is 15.0. The molecular formula is C63H42N4. The summed E-state index contributed by atoms with van der Waals surface area (Å²) in [7, 11) is 0. The molecule has 10 aromatic carbocycles. The lowest BCUT2D eigenvalue weighted by Gasteiger charge is -2.24. The molecule has 0 spiro atoms. The second-order valence-electron chi connectivity index (χ2n) is 16.7. The van der Waals surface area contributed by atoms with E-state index in [0.29, 0.717) is 17.5 Å². The quantitative estimate of drug-likeness (QED) is 0.145. The van der Waals surface area contributed by atoms with Crippen molar-refractivity contribution in [3.63, 3.8) is 0 Å². The van der Waals surface area contributed by atoms with Gasteiger partial charge in [-0.25, -0.2) is 15.0 Å². The summed E-state index contributed by atoms with van der Waals surface area (Å²) in [5, 5.41) is 2.35. The topological polar surface area (TPSA) is 43.6 Å². The van der Waals surface area contributed by atoms with Crippen LogP contribution in [-0.2, 0) is 0 Å². The molecule has 12 aromatic rings. The van der Waals surface area contributed by atoms with Crippen LogP contribution in [0.4, 0.5) is 0 Å². The van der Waals surface area contributed by atoms with Gasteiger partial charge in [0.15, 0.2) is 17.5 Å². The van der Waals surface area contributed by atoms with Gasteiger partial charge in [0, 0.05) is 49.8 Å². The molecule has 4 nitrogen and oxygen atoms in total. The molecule has 0 aliphatic heterocycles. The Morgan fingerprint density at radius 1 is 0.254 bits per heavy atom. The van der Waals surface area contributed by atoms with Crippen LogP contribution in [0.15, 0.2) is 255 Å². The van der Waals surface area contributed by atoms with Crippen LogP contribution >= 0.6 is 0 Å². The van der Waals surface area contributed by atoms with Crippen molar-refractivity contribution in [1.82, 2.24) is 19.5 Å². The van der Waals surface area contributed by atoms with Gasteiger partial charge < -0.3 is 4.57 Å². The Labute approximate surface area is 389 Å². The van der Waals surface area contributed by atoms with Crippen molar-refractivity contribution in [3.05, 3.63) is 255 Å². The summed E-state index contributed by atoms with van der Waals surface area (Å²) in [5.41, 5.74) is 17.6. The summed E-state index contributed by atoms with van der Waals surface area (Å²) < 4.78 is 2.50. The van der Waals surface area contributed by atoms with E-state index < -0.39 is 0 Å². The van der Waals surface area contributed by atoms with Crippen LogP contribution in [0.5, 0.6) is 0 Å². The number of hydrogen-bond acceptors (Lipinski definition) is 3. The molecule has 0 N–H and O–H groups in total. The zero-order valence-corrected chi connectivity index (χ0v) is 36.5. The maximum Gasteiger partial charge on any atom is 0.164 e. The van der Waals surface area contributed by atoms with Gasteiger partial charge >= 0.3 is 0 Å². The normalized spacial score (nSPS) is 11.3. The Balaban J connectivity index is 1.24. The highest BCUT2D eigenvalue weighted by Crippen LogP contribution is 2.55. The Kier molecular flexibility index (Phi) is 10.2. The van der Waals surface area contributed by atoms with Crippen LogP contribution < -0.4 is 0 Å². The van der Waals surface area contributed by atoms with E-state index in [2.05, 4.69) is 223 Å². The molecule has 0 unspecified atom stereocenters. The molecule has 0 atom stereocenters. The third-order valence-corrected chi connectivity index (χ3v) is 12.6. The first kappa shape index (κ1) is 39.6. The summed E-state index contributed by atoms with van der Waals surface area (Å²) in [6.45, 7) is 0. The molecule has 0 saturated heterocycles. The van der Waals surface area contributed by atoms with Crippen LogP contribution in [-0.4, -0.2) is 19.5 Å². The van der Waals surface area contributed by atoms with Crippen molar-refractivity contribution in [2.45, 2.75) is 0 Å². The van der Waals surface area contributed by atoms with Crippen molar-refractivity contribution < 1.29 is 0 Å². The minimum atomic E-state index is 0.614. The summed E-state index contributed by atoms with van der Waals surface area (Å²) in [4.78, 5) is 15.3. The van der Waals surface area contributed by atoms with Crippen LogP contribution in [0.1, 0.15) is 0 Å². The summed E-state index contributed by atoms with van der Waals surface area (Å²) in [6, 6.07) is 90.4. The molecule has 0 bridgehead atoms. The van der Waals surface area contributed by atoms with Crippen molar-refractivity contribution in [2.75, 3.05) is 0 Å².